The van der Waals surface area contributed by atoms with Gasteiger partial charge in [0.2, 0.25) is 15.9 Å². The Bertz CT molecular complexity index is 1230. The van der Waals surface area contributed by atoms with Gasteiger partial charge in [0.1, 0.15) is 17.2 Å². The minimum atomic E-state index is -3.79. The van der Waals surface area contributed by atoms with Gasteiger partial charge in [-0.3, -0.25) is 4.79 Å². The van der Waals surface area contributed by atoms with Gasteiger partial charge in [-0.25, -0.2) is 8.42 Å². The third kappa shape index (κ3) is 4.50. The summed E-state index contributed by atoms with van der Waals surface area (Å²) in [7, 11) is -3.79. The summed E-state index contributed by atoms with van der Waals surface area (Å²) in [5.41, 5.74) is 2.35. The van der Waals surface area contributed by atoms with Gasteiger partial charge in [-0.05, 0) is 49.6 Å². The van der Waals surface area contributed by atoms with E-state index in [1.165, 1.54) is 10.4 Å². The van der Waals surface area contributed by atoms with Crippen molar-refractivity contribution in [3.8, 4) is 5.75 Å². The number of anilines is 1. The molecule has 0 saturated carbocycles. The van der Waals surface area contributed by atoms with Gasteiger partial charge >= 0.3 is 0 Å². The van der Waals surface area contributed by atoms with Crippen molar-refractivity contribution in [3.05, 3.63) is 54.2 Å². The number of morpholine rings is 1. The number of nitrogens with zero attached hydrogens (tertiary/aromatic N) is 2. The molecule has 2 heterocycles. The van der Waals surface area contributed by atoms with Gasteiger partial charge < -0.3 is 19.4 Å². The molecular formula is C23H27N3O5S. The molecule has 1 fully saturated rings. The highest BCUT2D eigenvalue weighted by Gasteiger charge is 2.29. The van der Waals surface area contributed by atoms with Gasteiger partial charge in [0.15, 0.2) is 0 Å². The highest BCUT2D eigenvalue weighted by molar-refractivity contribution is 7.89. The molecular weight excluding hydrogens is 430 g/mol. The van der Waals surface area contributed by atoms with E-state index in [1.807, 2.05) is 41.8 Å². The van der Waals surface area contributed by atoms with Crippen LogP contribution in [0.1, 0.15) is 12.6 Å². The molecule has 0 radical (unpaired) electrons. The minimum Gasteiger partial charge on any atom is -0.492 e. The number of nitrogens with one attached hydrogen (secondary N) is 1. The van der Waals surface area contributed by atoms with Gasteiger partial charge in [-0.1, -0.05) is 18.2 Å². The zero-order chi connectivity index (χ0) is 22.7. The van der Waals surface area contributed by atoms with Gasteiger partial charge in [-0.2, -0.15) is 4.31 Å². The maximum atomic E-state index is 13.2. The average Bonchev–Trinajstić information content (AvgIpc) is 3.10. The Morgan fingerprint density at radius 2 is 1.88 bits per heavy atom. The average molecular weight is 458 g/mol. The van der Waals surface area contributed by atoms with Crippen LogP contribution in [0.4, 0.5) is 5.69 Å². The van der Waals surface area contributed by atoms with E-state index in [-0.39, 0.29) is 36.2 Å². The molecule has 9 heteroatoms. The molecule has 32 heavy (non-hydrogen) atoms. The number of hydrogen-bond acceptors (Lipinski definition) is 5. The summed E-state index contributed by atoms with van der Waals surface area (Å²) in [6, 6.07) is 14.6. The van der Waals surface area contributed by atoms with Crippen LogP contribution < -0.4 is 10.1 Å². The van der Waals surface area contributed by atoms with Crippen LogP contribution in [0.5, 0.6) is 5.75 Å². The van der Waals surface area contributed by atoms with Crippen molar-refractivity contribution in [3.63, 3.8) is 0 Å². The van der Waals surface area contributed by atoms with Crippen LogP contribution in [0.15, 0.2) is 53.4 Å². The van der Waals surface area contributed by atoms with Crippen molar-refractivity contribution in [2.75, 3.05) is 38.2 Å². The summed E-state index contributed by atoms with van der Waals surface area (Å²) in [4.78, 5) is 12.9. The van der Waals surface area contributed by atoms with Crippen LogP contribution >= 0.6 is 0 Å². The lowest BCUT2D eigenvalue weighted by Crippen LogP contribution is -2.40. The number of amides is 1. The van der Waals surface area contributed by atoms with E-state index >= 15 is 0 Å². The third-order valence-corrected chi connectivity index (χ3v) is 7.35. The standard InChI is InChI=1S/C23H27N3O5S/c1-3-31-21-9-8-19(15-22(21)32(28,29)25-10-12-30-13-11-25)24-23(27)16-26-17(2)14-18-6-4-5-7-20(18)26/h4-9,14-15H,3,10-13,16H2,1-2H3,(H,24,27). The lowest BCUT2D eigenvalue weighted by molar-refractivity contribution is -0.116. The van der Waals surface area contributed by atoms with E-state index < -0.39 is 10.0 Å². The Morgan fingerprint density at radius 1 is 1.12 bits per heavy atom. The van der Waals surface area contributed by atoms with Gasteiger partial charge in [-0.15, -0.1) is 0 Å². The van der Waals surface area contributed by atoms with Crippen molar-refractivity contribution >= 4 is 32.5 Å². The number of benzene rings is 2. The van der Waals surface area contributed by atoms with Crippen LogP contribution in [-0.4, -0.2) is 56.1 Å². The maximum absolute atomic E-state index is 13.2. The Labute approximate surface area is 187 Å². The molecule has 0 unspecified atom stereocenters. The van der Waals surface area contributed by atoms with E-state index in [9.17, 15) is 13.2 Å². The lowest BCUT2D eigenvalue weighted by Gasteiger charge is -2.27. The fraction of sp³-hybridized carbons (Fsp3) is 0.348. The second-order valence-corrected chi connectivity index (χ2v) is 9.50. The van der Waals surface area contributed by atoms with Crippen LogP contribution in [0.3, 0.4) is 0 Å². The maximum Gasteiger partial charge on any atom is 0.246 e. The number of hydrogen-bond donors (Lipinski definition) is 1. The first-order valence-electron chi connectivity index (χ1n) is 10.6. The minimum absolute atomic E-state index is 0.0432. The lowest BCUT2D eigenvalue weighted by atomic mass is 10.2. The number of carbonyl (C=O) groups is 1. The van der Waals surface area contributed by atoms with Crippen molar-refractivity contribution in [2.45, 2.75) is 25.3 Å². The second kappa shape index (κ2) is 9.32. The number of aromatic nitrogens is 1. The van der Waals surface area contributed by atoms with Crippen LogP contribution in [0.2, 0.25) is 0 Å². The highest BCUT2D eigenvalue weighted by Crippen LogP contribution is 2.30. The summed E-state index contributed by atoms with van der Waals surface area (Å²) in [5.74, 6) is 0.0255. The quantitative estimate of drug-likeness (QED) is 0.589. The molecule has 170 valence electrons. The molecule has 1 aliphatic heterocycles. The van der Waals surface area contributed by atoms with E-state index in [0.717, 1.165) is 16.6 Å². The molecule has 8 nitrogen and oxygen atoms in total. The number of para-hydroxylation sites is 1. The molecule has 1 saturated heterocycles. The first-order valence-corrected chi connectivity index (χ1v) is 12.0. The van der Waals surface area contributed by atoms with Crippen LogP contribution in [0.25, 0.3) is 10.9 Å². The first kappa shape index (κ1) is 22.3. The number of rotatable bonds is 7. The topological polar surface area (TPSA) is 89.9 Å². The largest absolute Gasteiger partial charge is 0.492 e. The predicted octanol–water partition coefficient (Wildman–Crippen LogP) is 3.01. The zero-order valence-corrected chi connectivity index (χ0v) is 19.0. The summed E-state index contributed by atoms with van der Waals surface area (Å²) in [5, 5.41) is 3.90. The Morgan fingerprint density at radius 3 is 2.62 bits per heavy atom. The molecule has 0 atom stereocenters. The van der Waals surface area contributed by atoms with Crippen molar-refractivity contribution in [2.24, 2.45) is 0 Å². The number of sulfonamides is 1. The molecule has 1 amide bonds. The third-order valence-electron chi connectivity index (χ3n) is 5.43. The smallest absolute Gasteiger partial charge is 0.246 e. The molecule has 3 aromatic rings. The molecule has 1 aromatic heterocycles. The van der Waals surface area contributed by atoms with Gasteiger partial charge in [0.25, 0.3) is 0 Å². The van der Waals surface area contributed by atoms with E-state index in [4.69, 9.17) is 9.47 Å². The fourth-order valence-corrected chi connectivity index (χ4v) is 5.46. The summed E-state index contributed by atoms with van der Waals surface area (Å²) in [6.07, 6.45) is 0. The number of ether oxygens (including phenoxy) is 2. The Kier molecular flexibility index (Phi) is 6.50. The summed E-state index contributed by atoms with van der Waals surface area (Å²) < 4.78 is 40.7. The Hall–Kier alpha value is -2.88. The van der Waals surface area contributed by atoms with E-state index in [0.29, 0.717) is 25.5 Å². The normalized spacial score (nSPS) is 15.1. The van der Waals surface area contributed by atoms with Gasteiger partial charge in [0.05, 0.1) is 19.8 Å². The second-order valence-electron chi connectivity index (χ2n) is 7.59. The molecule has 1 N–H and O–H groups in total. The number of carbonyl (C=O) groups excluding carboxylic acids is 1. The van der Waals surface area contributed by atoms with E-state index in [2.05, 4.69) is 5.32 Å². The van der Waals surface area contributed by atoms with Gasteiger partial charge in [0, 0.05) is 30.0 Å². The monoisotopic (exact) mass is 457 g/mol. The number of fused-ring (bicyclic) bond motifs is 1. The summed E-state index contributed by atoms with van der Waals surface area (Å²) in [6.45, 7) is 5.47. The van der Waals surface area contributed by atoms with Crippen LogP contribution in [0, 0.1) is 6.92 Å². The number of aryl methyl sites for hydroxylation is 1. The molecule has 0 bridgehead atoms. The molecule has 2 aromatic carbocycles. The van der Waals surface area contributed by atoms with Crippen molar-refractivity contribution in [1.29, 1.82) is 0 Å². The fourth-order valence-electron chi connectivity index (χ4n) is 3.89. The molecule has 0 spiro atoms. The molecule has 1 aliphatic rings. The van der Waals surface area contributed by atoms with E-state index in [1.54, 1.807) is 19.1 Å². The zero-order valence-electron chi connectivity index (χ0n) is 18.2. The SMILES string of the molecule is CCOc1ccc(NC(=O)Cn2c(C)cc3ccccc32)cc1S(=O)(=O)N1CCOCC1. The Balaban J connectivity index is 1.59. The predicted molar refractivity (Wildman–Crippen MR) is 122 cm³/mol. The summed E-state index contributed by atoms with van der Waals surface area (Å²) >= 11 is 0. The molecule has 4 rings (SSSR count). The highest BCUT2D eigenvalue weighted by atomic mass is 32.2. The first-order chi connectivity index (χ1) is 15.4. The van der Waals surface area contributed by atoms with Crippen molar-refractivity contribution in [1.82, 2.24) is 8.87 Å². The van der Waals surface area contributed by atoms with Crippen molar-refractivity contribution < 1.29 is 22.7 Å². The molecule has 0 aliphatic carbocycles. The van der Waals surface area contributed by atoms with Crippen LogP contribution in [-0.2, 0) is 26.1 Å².